The molecule has 1 nitrogen and oxygen atoms in total. The molecule has 2 aromatic rings. The van der Waals surface area contributed by atoms with Gasteiger partial charge in [-0.1, -0.05) is 0 Å². The Morgan fingerprint density at radius 3 is 3.50 bits per heavy atom. The number of aromatic amines is 1. The van der Waals surface area contributed by atoms with E-state index in [1.54, 1.807) is 11.3 Å². The molecule has 0 saturated heterocycles. The fourth-order valence-electron chi connectivity index (χ4n) is 0.715. The molecule has 1 radical (unpaired) electrons. The van der Waals surface area contributed by atoms with Crippen LogP contribution in [0.3, 0.4) is 0 Å². The van der Waals surface area contributed by atoms with Crippen LogP contribution in [0.2, 0.25) is 0 Å². The summed E-state index contributed by atoms with van der Waals surface area (Å²) >= 11 is 1.73. The van der Waals surface area contributed by atoms with Crippen LogP contribution < -0.4 is 0 Å². The van der Waals surface area contributed by atoms with E-state index in [9.17, 15) is 0 Å². The van der Waals surface area contributed by atoms with Crippen LogP contribution in [0, 0.1) is 6.20 Å². The maximum absolute atomic E-state index is 2.98. The van der Waals surface area contributed by atoms with Gasteiger partial charge < -0.3 is 4.98 Å². The molecule has 0 atom stereocenters. The summed E-state index contributed by atoms with van der Waals surface area (Å²) in [4.78, 5) is 2.98. The maximum Gasteiger partial charge on any atom is 0.0639 e. The number of nitrogens with one attached hydrogen (secondary N) is 1. The van der Waals surface area contributed by atoms with E-state index in [0.717, 1.165) is 0 Å². The van der Waals surface area contributed by atoms with Gasteiger partial charge in [0.25, 0.3) is 0 Å². The standard InChI is InChI=1S/C6H4NS/c1-3-7-5-2-4-8-6(1)5/h1-2,4,7H. The van der Waals surface area contributed by atoms with Crippen molar-refractivity contribution >= 4 is 21.6 Å². The second-order valence-electron chi connectivity index (χ2n) is 1.61. The first kappa shape index (κ1) is 4.15. The molecule has 0 aromatic carbocycles. The maximum atomic E-state index is 2.98. The van der Waals surface area contributed by atoms with Crippen molar-refractivity contribution in [2.24, 2.45) is 0 Å². The van der Waals surface area contributed by atoms with E-state index in [2.05, 4.69) is 22.6 Å². The predicted molar refractivity (Wildman–Crippen MR) is 35.0 cm³/mol. The molecule has 0 aliphatic rings. The Hall–Kier alpha value is -0.760. The largest absolute Gasteiger partial charge is 0.353 e. The number of hydrogen-bond donors (Lipinski definition) is 1. The van der Waals surface area contributed by atoms with E-state index in [0.29, 0.717) is 0 Å². The summed E-state index contributed by atoms with van der Waals surface area (Å²) in [6.45, 7) is 0. The number of rotatable bonds is 0. The Morgan fingerprint density at radius 2 is 2.62 bits per heavy atom. The molecule has 0 aliphatic carbocycles. The fraction of sp³-hybridized carbons (Fsp3) is 0. The van der Waals surface area contributed by atoms with Gasteiger partial charge in [-0.3, -0.25) is 0 Å². The van der Waals surface area contributed by atoms with Gasteiger partial charge in [-0.25, -0.2) is 0 Å². The Balaban J connectivity index is 3.06. The molecular weight excluding hydrogens is 118 g/mol. The molecule has 0 unspecified atom stereocenters. The summed E-state index contributed by atoms with van der Waals surface area (Å²) in [6, 6.07) is 4.01. The number of aromatic nitrogens is 1. The Labute approximate surface area is 51.0 Å². The van der Waals surface area contributed by atoms with Gasteiger partial charge in [0.05, 0.1) is 16.4 Å². The van der Waals surface area contributed by atoms with E-state index in [4.69, 9.17) is 0 Å². The van der Waals surface area contributed by atoms with Crippen molar-refractivity contribution in [3.8, 4) is 0 Å². The van der Waals surface area contributed by atoms with Crippen LogP contribution in [0.25, 0.3) is 10.2 Å². The molecule has 0 spiro atoms. The molecule has 2 heterocycles. The van der Waals surface area contributed by atoms with Crippen molar-refractivity contribution in [2.75, 3.05) is 0 Å². The molecule has 39 valence electrons. The molecular formula is C6H4NS. The summed E-state index contributed by atoms with van der Waals surface area (Å²) in [5, 5.41) is 2.06. The lowest BCUT2D eigenvalue weighted by molar-refractivity contribution is 1.46. The van der Waals surface area contributed by atoms with Crippen LogP contribution in [0.4, 0.5) is 0 Å². The average Bonchev–Trinajstić information content (AvgIpc) is 2.15. The lowest BCUT2D eigenvalue weighted by Gasteiger charge is -1.66. The highest BCUT2D eigenvalue weighted by Crippen LogP contribution is 2.17. The third-order valence-corrected chi connectivity index (χ3v) is 1.97. The van der Waals surface area contributed by atoms with Gasteiger partial charge in [0, 0.05) is 0 Å². The van der Waals surface area contributed by atoms with Gasteiger partial charge in [0.2, 0.25) is 0 Å². The first-order valence-corrected chi connectivity index (χ1v) is 3.27. The molecule has 0 fully saturated rings. The van der Waals surface area contributed by atoms with Crippen molar-refractivity contribution in [3.63, 3.8) is 0 Å². The smallest absolute Gasteiger partial charge is 0.0639 e. The first-order chi connectivity index (χ1) is 3.97. The number of thiophene rings is 1. The van der Waals surface area contributed by atoms with E-state index in [1.165, 1.54) is 10.2 Å². The minimum Gasteiger partial charge on any atom is -0.353 e. The van der Waals surface area contributed by atoms with Crippen LogP contribution in [-0.2, 0) is 0 Å². The zero-order chi connectivity index (χ0) is 5.40. The van der Waals surface area contributed by atoms with Crippen LogP contribution in [0.1, 0.15) is 0 Å². The second-order valence-corrected chi connectivity index (χ2v) is 2.56. The zero-order valence-electron chi connectivity index (χ0n) is 4.14. The van der Waals surface area contributed by atoms with Crippen molar-refractivity contribution in [1.82, 2.24) is 4.98 Å². The molecule has 0 amide bonds. The van der Waals surface area contributed by atoms with E-state index >= 15 is 0 Å². The van der Waals surface area contributed by atoms with Gasteiger partial charge in [-0.05, 0) is 17.5 Å². The number of hydrogen-bond acceptors (Lipinski definition) is 1. The van der Waals surface area contributed by atoms with Crippen molar-refractivity contribution in [1.29, 1.82) is 0 Å². The molecule has 2 heteroatoms. The highest BCUT2D eigenvalue weighted by Gasteiger charge is 1.90. The van der Waals surface area contributed by atoms with Crippen molar-refractivity contribution < 1.29 is 0 Å². The summed E-state index contributed by atoms with van der Waals surface area (Å²) in [5.41, 5.74) is 1.19. The van der Waals surface area contributed by atoms with Crippen LogP contribution in [-0.4, -0.2) is 4.98 Å². The number of H-pyrrole nitrogens is 1. The second kappa shape index (κ2) is 1.36. The Kier molecular flexibility index (Phi) is 0.704. The van der Waals surface area contributed by atoms with Gasteiger partial charge in [-0.2, -0.15) is 0 Å². The van der Waals surface area contributed by atoms with Crippen LogP contribution >= 0.6 is 11.3 Å². The van der Waals surface area contributed by atoms with Gasteiger partial charge in [0.15, 0.2) is 0 Å². The highest BCUT2D eigenvalue weighted by atomic mass is 32.1. The van der Waals surface area contributed by atoms with Gasteiger partial charge in [-0.15, -0.1) is 11.3 Å². The summed E-state index contributed by atoms with van der Waals surface area (Å²) in [6.07, 6.45) is 2.90. The third kappa shape index (κ3) is 0.406. The van der Waals surface area contributed by atoms with Gasteiger partial charge >= 0.3 is 0 Å². The zero-order valence-corrected chi connectivity index (χ0v) is 4.96. The minimum atomic E-state index is 1.19. The molecule has 0 aliphatic heterocycles. The van der Waals surface area contributed by atoms with Crippen molar-refractivity contribution in [3.05, 3.63) is 23.7 Å². The minimum absolute atomic E-state index is 1.19. The summed E-state index contributed by atoms with van der Waals surface area (Å²) < 4.78 is 1.28. The van der Waals surface area contributed by atoms with E-state index in [-0.39, 0.29) is 0 Å². The topological polar surface area (TPSA) is 15.8 Å². The molecule has 0 saturated carbocycles. The van der Waals surface area contributed by atoms with E-state index in [1.807, 2.05) is 6.07 Å². The first-order valence-electron chi connectivity index (χ1n) is 2.39. The van der Waals surface area contributed by atoms with Crippen LogP contribution in [0.15, 0.2) is 17.5 Å². The van der Waals surface area contributed by atoms with Gasteiger partial charge in [0.1, 0.15) is 0 Å². The fourth-order valence-corrected chi connectivity index (χ4v) is 1.44. The lowest BCUT2D eigenvalue weighted by atomic mass is 10.5. The molecule has 2 aromatic heterocycles. The normalized spacial score (nSPS) is 10.5. The Bertz CT molecular complexity index is 230. The molecule has 1 N–H and O–H groups in total. The quantitative estimate of drug-likeness (QED) is 0.550. The predicted octanol–water partition coefficient (Wildman–Crippen LogP) is 2.03. The average molecular weight is 122 g/mol. The summed E-state index contributed by atoms with van der Waals surface area (Å²) in [5.74, 6) is 0. The van der Waals surface area contributed by atoms with E-state index < -0.39 is 0 Å². The number of fused-ring (bicyclic) bond motifs is 1. The molecule has 2 rings (SSSR count). The van der Waals surface area contributed by atoms with Crippen LogP contribution in [0.5, 0.6) is 0 Å². The third-order valence-electron chi connectivity index (χ3n) is 1.11. The Morgan fingerprint density at radius 1 is 1.62 bits per heavy atom. The molecule has 0 bridgehead atoms. The highest BCUT2D eigenvalue weighted by molar-refractivity contribution is 7.17. The van der Waals surface area contributed by atoms with Crippen molar-refractivity contribution in [2.45, 2.75) is 0 Å². The summed E-state index contributed by atoms with van der Waals surface area (Å²) in [7, 11) is 0. The molecule has 8 heavy (non-hydrogen) atoms. The lowest BCUT2D eigenvalue weighted by Crippen LogP contribution is -1.50. The SMILES string of the molecule is [c]1cc2sccc2[nH]1. The monoisotopic (exact) mass is 122 g/mol.